The summed E-state index contributed by atoms with van der Waals surface area (Å²) in [5, 5.41) is 19.2. The van der Waals surface area contributed by atoms with Gasteiger partial charge in [0.05, 0.1) is 10.7 Å². The molecule has 7 nitrogen and oxygen atoms in total. The van der Waals surface area contributed by atoms with Crippen molar-refractivity contribution in [1.82, 2.24) is 0 Å². The molecule has 1 aromatic carbocycles. The average Bonchev–Trinajstić information content (AvgIpc) is 2.34. The Balaban J connectivity index is 3.30. The van der Waals surface area contributed by atoms with Crippen LogP contribution in [0.5, 0.6) is 0 Å². The normalized spacial score (nSPS) is 13.7. The van der Waals surface area contributed by atoms with E-state index in [-0.39, 0.29) is 0 Å². The summed E-state index contributed by atoms with van der Waals surface area (Å²) in [5.74, 6) is -7.34. The third kappa shape index (κ3) is 3.90. The van der Waals surface area contributed by atoms with Crippen molar-refractivity contribution in [3.05, 3.63) is 34.4 Å². The van der Waals surface area contributed by atoms with Gasteiger partial charge in [-0.25, -0.2) is 8.42 Å². The fraction of sp³-hybridized carbons (Fsp3) is 0.300. The Morgan fingerprint density at radius 2 is 1.86 bits per heavy atom. The first-order valence-electron chi connectivity index (χ1n) is 5.22. The van der Waals surface area contributed by atoms with E-state index in [0.29, 0.717) is 0 Å². The van der Waals surface area contributed by atoms with E-state index < -0.39 is 49.2 Å². The number of alkyl halides is 3. The Bertz CT molecular complexity index is 670. The van der Waals surface area contributed by atoms with Crippen molar-refractivity contribution in [3.8, 4) is 0 Å². The molecule has 1 rings (SSSR count). The van der Waals surface area contributed by atoms with Crippen molar-refractivity contribution in [2.75, 3.05) is 5.75 Å². The lowest BCUT2D eigenvalue weighted by atomic mass is 10.2. The van der Waals surface area contributed by atoms with Crippen LogP contribution in [0.4, 0.5) is 18.9 Å². The van der Waals surface area contributed by atoms with Crippen molar-refractivity contribution < 1.29 is 36.4 Å². The number of carboxylic acid groups (broad SMARTS) is 1. The van der Waals surface area contributed by atoms with E-state index in [9.17, 15) is 36.5 Å². The molecular weight excluding hydrogens is 319 g/mol. The zero-order valence-electron chi connectivity index (χ0n) is 10.1. The van der Waals surface area contributed by atoms with Gasteiger partial charge in [-0.05, 0) is 6.07 Å². The molecule has 1 aromatic rings. The molecule has 0 aliphatic carbocycles. The van der Waals surface area contributed by atoms with Gasteiger partial charge in [-0.3, -0.25) is 14.9 Å². The molecule has 21 heavy (non-hydrogen) atoms. The van der Waals surface area contributed by atoms with E-state index in [0.717, 1.165) is 24.3 Å². The van der Waals surface area contributed by atoms with Gasteiger partial charge >= 0.3 is 12.1 Å². The number of carbonyl (C=O) groups is 1. The molecule has 116 valence electrons. The molecule has 1 atom stereocenters. The van der Waals surface area contributed by atoms with Gasteiger partial charge in [-0.15, -0.1) is 0 Å². The Labute approximate surface area is 116 Å². The van der Waals surface area contributed by atoms with Gasteiger partial charge in [0.15, 0.2) is 15.8 Å². The molecule has 0 radical (unpaired) electrons. The molecule has 0 bridgehead atoms. The predicted molar refractivity (Wildman–Crippen MR) is 62.3 cm³/mol. The second kappa shape index (κ2) is 5.68. The number of hydrogen-bond acceptors (Lipinski definition) is 5. The number of carboxylic acids is 1. The van der Waals surface area contributed by atoms with Crippen molar-refractivity contribution in [1.29, 1.82) is 0 Å². The second-order valence-electron chi connectivity index (χ2n) is 3.94. The molecule has 0 heterocycles. The molecule has 0 aliphatic rings. The van der Waals surface area contributed by atoms with Crippen LogP contribution in [0.2, 0.25) is 0 Å². The van der Waals surface area contributed by atoms with Gasteiger partial charge in [0, 0.05) is 6.07 Å². The number of aliphatic carboxylic acids is 1. The predicted octanol–water partition coefficient (Wildman–Crippen LogP) is 1.63. The molecule has 0 amide bonds. The van der Waals surface area contributed by atoms with Crippen LogP contribution in [-0.2, 0) is 14.6 Å². The van der Waals surface area contributed by atoms with Gasteiger partial charge in [0.1, 0.15) is 4.90 Å². The maximum absolute atomic E-state index is 12.5. The van der Waals surface area contributed by atoms with Crippen LogP contribution in [0.3, 0.4) is 0 Å². The van der Waals surface area contributed by atoms with E-state index in [1.165, 1.54) is 0 Å². The van der Waals surface area contributed by atoms with Crippen LogP contribution in [0.15, 0.2) is 29.2 Å². The van der Waals surface area contributed by atoms with E-state index in [2.05, 4.69) is 0 Å². The van der Waals surface area contributed by atoms with Crippen LogP contribution in [0, 0.1) is 16.0 Å². The van der Waals surface area contributed by atoms with Crippen molar-refractivity contribution >= 4 is 21.5 Å². The fourth-order valence-corrected chi connectivity index (χ4v) is 3.18. The van der Waals surface area contributed by atoms with E-state index >= 15 is 0 Å². The molecule has 0 saturated heterocycles. The molecule has 0 aromatic heterocycles. The smallest absolute Gasteiger partial charge is 0.403 e. The summed E-state index contributed by atoms with van der Waals surface area (Å²) in [5.41, 5.74) is -0.913. The summed E-state index contributed by atoms with van der Waals surface area (Å²) in [6.07, 6.45) is -5.29. The van der Waals surface area contributed by atoms with Crippen LogP contribution < -0.4 is 0 Å². The molecule has 0 fully saturated rings. The summed E-state index contributed by atoms with van der Waals surface area (Å²) in [7, 11) is -4.81. The lowest BCUT2D eigenvalue weighted by Crippen LogP contribution is -2.36. The number of hydrogen-bond donors (Lipinski definition) is 1. The van der Waals surface area contributed by atoms with Gasteiger partial charge in [-0.1, -0.05) is 12.1 Å². The number of halogens is 3. The number of benzene rings is 1. The maximum atomic E-state index is 12.5. The second-order valence-corrected chi connectivity index (χ2v) is 5.94. The standard InChI is InChI=1S/C10H8F3NO6S/c11-10(12,13)6(9(15)16)5-21(19,20)8-4-2-1-3-7(8)14(17)18/h1-4,6H,5H2,(H,15,16). The van der Waals surface area contributed by atoms with E-state index in [4.69, 9.17) is 5.11 Å². The van der Waals surface area contributed by atoms with Gasteiger partial charge in [0.2, 0.25) is 0 Å². The zero-order valence-corrected chi connectivity index (χ0v) is 10.9. The molecule has 0 spiro atoms. The minimum Gasteiger partial charge on any atom is -0.481 e. The topological polar surface area (TPSA) is 115 Å². The molecule has 1 unspecified atom stereocenters. The highest BCUT2D eigenvalue weighted by atomic mass is 32.2. The Morgan fingerprint density at radius 1 is 1.33 bits per heavy atom. The monoisotopic (exact) mass is 327 g/mol. The highest BCUT2D eigenvalue weighted by Crippen LogP contribution is 2.31. The Kier molecular flexibility index (Phi) is 4.56. The first-order valence-corrected chi connectivity index (χ1v) is 6.87. The third-order valence-electron chi connectivity index (χ3n) is 2.48. The first-order chi connectivity index (χ1) is 9.47. The number of nitrogens with zero attached hydrogens (tertiary/aromatic N) is 1. The van der Waals surface area contributed by atoms with Crippen LogP contribution >= 0.6 is 0 Å². The first kappa shape index (κ1) is 16.9. The molecular formula is C10H8F3NO6S. The van der Waals surface area contributed by atoms with Gasteiger partial charge < -0.3 is 5.11 Å². The quantitative estimate of drug-likeness (QED) is 0.649. The third-order valence-corrected chi connectivity index (χ3v) is 4.26. The minimum atomic E-state index is -5.29. The minimum absolute atomic E-state index is 0.753. The summed E-state index contributed by atoms with van der Waals surface area (Å²) in [6, 6.07) is 3.78. The molecule has 11 heteroatoms. The van der Waals surface area contributed by atoms with E-state index in [1.807, 2.05) is 0 Å². The zero-order chi connectivity index (χ0) is 16.4. The van der Waals surface area contributed by atoms with Crippen LogP contribution in [-0.4, -0.2) is 36.3 Å². The highest BCUT2D eigenvalue weighted by molar-refractivity contribution is 7.91. The lowest BCUT2D eigenvalue weighted by molar-refractivity contribution is -0.387. The number of sulfone groups is 1. The number of nitro benzene ring substituents is 1. The maximum Gasteiger partial charge on any atom is 0.403 e. The number of nitro groups is 1. The van der Waals surface area contributed by atoms with Crippen molar-refractivity contribution in [2.24, 2.45) is 5.92 Å². The summed E-state index contributed by atoms with van der Waals surface area (Å²) < 4.78 is 61.2. The summed E-state index contributed by atoms with van der Waals surface area (Å²) >= 11 is 0. The SMILES string of the molecule is O=C(O)C(CS(=O)(=O)c1ccccc1[N+](=O)[O-])C(F)(F)F. The Morgan fingerprint density at radius 3 is 2.29 bits per heavy atom. The average molecular weight is 327 g/mol. The summed E-state index contributed by atoms with van der Waals surface area (Å²) in [6.45, 7) is 0. The van der Waals surface area contributed by atoms with Crippen LogP contribution in [0.1, 0.15) is 0 Å². The lowest BCUT2D eigenvalue weighted by Gasteiger charge is -2.16. The molecule has 1 N–H and O–H groups in total. The molecule has 0 aliphatic heterocycles. The van der Waals surface area contributed by atoms with E-state index in [1.54, 1.807) is 0 Å². The summed E-state index contributed by atoms with van der Waals surface area (Å²) in [4.78, 5) is 19.2. The van der Waals surface area contributed by atoms with Crippen LogP contribution in [0.25, 0.3) is 0 Å². The van der Waals surface area contributed by atoms with Crippen molar-refractivity contribution in [2.45, 2.75) is 11.1 Å². The fourth-order valence-electron chi connectivity index (χ4n) is 1.49. The van der Waals surface area contributed by atoms with Crippen molar-refractivity contribution in [3.63, 3.8) is 0 Å². The Hall–Kier alpha value is -2.17. The number of para-hydroxylation sites is 1. The van der Waals surface area contributed by atoms with Gasteiger partial charge in [0.25, 0.3) is 5.69 Å². The molecule has 0 saturated carbocycles. The van der Waals surface area contributed by atoms with Gasteiger partial charge in [-0.2, -0.15) is 13.2 Å². The highest BCUT2D eigenvalue weighted by Gasteiger charge is 2.48. The largest absolute Gasteiger partial charge is 0.481 e. The number of rotatable bonds is 5.